The zero-order chi connectivity index (χ0) is 15.9. The number of hydrogen-bond acceptors (Lipinski definition) is 5. The van der Waals surface area contributed by atoms with Crippen LogP contribution in [0.15, 0.2) is 41.0 Å². The second kappa shape index (κ2) is 7.51. The minimum atomic E-state index is -0.148. The quantitative estimate of drug-likeness (QED) is 0.822. The zero-order valence-electron chi connectivity index (χ0n) is 12.9. The third-order valence-electron chi connectivity index (χ3n) is 3.21. The van der Waals surface area contributed by atoms with Crippen LogP contribution in [0, 0.1) is 0 Å². The summed E-state index contributed by atoms with van der Waals surface area (Å²) in [5, 5.41) is 5.90. The van der Waals surface area contributed by atoms with E-state index in [9.17, 15) is 4.79 Å². The highest BCUT2D eigenvalue weighted by molar-refractivity contribution is 5.92. The van der Waals surface area contributed by atoms with Gasteiger partial charge in [0.15, 0.2) is 11.5 Å². The van der Waals surface area contributed by atoms with E-state index < -0.39 is 0 Å². The Kier molecular flexibility index (Phi) is 5.43. The number of rotatable bonds is 7. The van der Waals surface area contributed by atoms with E-state index in [0.717, 1.165) is 5.76 Å². The smallest absolute Gasteiger partial charge is 0.238 e. The fourth-order valence-electron chi connectivity index (χ4n) is 2.00. The molecule has 118 valence electrons. The van der Waals surface area contributed by atoms with Gasteiger partial charge in [0.05, 0.1) is 33.1 Å². The molecule has 2 aromatic rings. The summed E-state index contributed by atoms with van der Waals surface area (Å²) < 4.78 is 15.6. The molecule has 2 rings (SSSR count). The molecule has 1 aromatic carbocycles. The lowest BCUT2D eigenvalue weighted by atomic mass is 10.2. The van der Waals surface area contributed by atoms with Gasteiger partial charge >= 0.3 is 0 Å². The van der Waals surface area contributed by atoms with E-state index in [1.165, 1.54) is 0 Å². The summed E-state index contributed by atoms with van der Waals surface area (Å²) in [4.78, 5) is 12.0. The molecule has 0 aliphatic rings. The molecule has 1 heterocycles. The molecule has 6 heteroatoms. The molecule has 0 radical (unpaired) electrons. The molecular weight excluding hydrogens is 284 g/mol. The molecule has 6 nitrogen and oxygen atoms in total. The highest BCUT2D eigenvalue weighted by Gasteiger charge is 2.11. The lowest BCUT2D eigenvalue weighted by Gasteiger charge is -2.13. The molecule has 0 aliphatic heterocycles. The first-order valence-electron chi connectivity index (χ1n) is 6.92. The fourth-order valence-corrected chi connectivity index (χ4v) is 2.00. The van der Waals surface area contributed by atoms with Crippen molar-refractivity contribution >= 4 is 11.6 Å². The molecule has 2 N–H and O–H groups in total. The summed E-state index contributed by atoms with van der Waals surface area (Å²) in [5.74, 6) is 1.83. The van der Waals surface area contributed by atoms with Gasteiger partial charge in [-0.15, -0.1) is 0 Å². The van der Waals surface area contributed by atoms with Crippen LogP contribution >= 0.6 is 0 Å². The van der Waals surface area contributed by atoms with Gasteiger partial charge < -0.3 is 19.2 Å². The van der Waals surface area contributed by atoms with E-state index in [2.05, 4.69) is 10.6 Å². The van der Waals surface area contributed by atoms with Crippen LogP contribution in [0.25, 0.3) is 0 Å². The van der Waals surface area contributed by atoms with Crippen molar-refractivity contribution < 1.29 is 18.7 Å². The number of nitrogens with one attached hydrogen (secondary N) is 2. The molecule has 0 saturated heterocycles. The predicted octanol–water partition coefficient (Wildman–Crippen LogP) is 2.59. The lowest BCUT2D eigenvalue weighted by Crippen LogP contribution is -2.29. The predicted molar refractivity (Wildman–Crippen MR) is 83.3 cm³/mol. The van der Waals surface area contributed by atoms with Gasteiger partial charge in [-0.25, -0.2) is 0 Å². The Bertz CT molecular complexity index is 611. The molecule has 22 heavy (non-hydrogen) atoms. The number of furan rings is 1. The SMILES string of the molecule is COc1ccc(NC(=O)CN[C@H](C)c2ccco2)cc1OC. The van der Waals surface area contributed by atoms with Crippen LogP contribution in [0.3, 0.4) is 0 Å². The molecule has 0 spiro atoms. The van der Waals surface area contributed by atoms with Crippen LogP contribution in [0.4, 0.5) is 5.69 Å². The molecular formula is C16H20N2O4. The summed E-state index contributed by atoms with van der Waals surface area (Å²) in [6.07, 6.45) is 1.61. The van der Waals surface area contributed by atoms with Crippen molar-refractivity contribution in [3.8, 4) is 11.5 Å². The highest BCUT2D eigenvalue weighted by Crippen LogP contribution is 2.29. The third-order valence-corrected chi connectivity index (χ3v) is 3.21. The highest BCUT2D eigenvalue weighted by atomic mass is 16.5. The number of amides is 1. The van der Waals surface area contributed by atoms with Crippen molar-refractivity contribution in [2.45, 2.75) is 13.0 Å². The van der Waals surface area contributed by atoms with Gasteiger partial charge in [0.25, 0.3) is 0 Å². The maximum Gasteiger partial charge on any atom is 0.238 e. The average molecular weight is 304 g/mol. The van der Waals surface area contributed by atoms with Crippen molar-refractivity contribution in [2.75, 3.05) is 26.1 Å². The van der Waals surface area contributed by atoms with Gasteiger partial charge in [-0.05, 0) is 31.2 Å². The third kappa shape index (κ3) is 4.02. The first-order valence-corrected chi connectivity index (χ1v) is 6.92. The van der Waals surface area contributed by atoms with E-state index in [4.69, 9.17) is 13.9 Å². The number of carbonyl (C=O) groups is 1. The van der Waals surface area contributed by atoms with Crippen LogP contribution in [0.5, 0.6) is 11.5 Å². The molecule has 1 aromatic heterocycles. The number of ether oxygens (including phenoxy) is 2. The Balaban J connectivity index is 1.89. The second-order valence-electron chi connectivity index (χ2n) is 4.74. The number of anilines is 1. The van der Waals surface area contributed by atoms with Crippen molar-refractivity contribution in [2.24, 2.45) is 0 Å². The lowest BCUT2D eigenvalue weighted by molar-refractivity contribution is -0.115. The van der Waals surface area contributed by atoms with Crippen LogP contribution in [0.2, 0.25) is 0 Å². The summed E-state index contributed by atoms with van der Waals surface area (Å²) in [5.41, 5.74) is 0.648. The van der Waals surface area contributed by atoms with Crippen molar-refractivity contribution in [3.63, 3.8) is 0 Å². The van der Waals surface area contributed by atoms with Crippen LogP contribution < -0.4 is 20.1 Å². The summed E-state index contributed by atoms with van der Waals surface area (Å²) in [6.45, 7) is 2.11. The second-order valence-corrected chi connectivity index (χ2v) is 4.74. The van der Waals surface area contributed by atoms with Crippen LogP contribution in [-0.4, -0.2) is 26.7 Å². The number of benzene rings is 1. The molecule has 0 fully saturated rings. The van der Waals surface area contributed by atoms with Gasteiger partial charge in [-0.2, -0.15) is 0 Å². The molecule has 0 bridgehead atoms. The number of methoxy groups -OCH3 is 2. The zero-order valence-corrected chi connectivity index (χ0v) is 12.9. The summed E-state index contributed by atoms with van der Waals surface area (Å²) in [7, 11) is 3.12. The van der Waals surface area contributed by atoms with E-state index in [-0.39, 0.29) is 18.5 Å². The van der Waals surface area contributed by atoms with Crippen molar-refractivity contribution in [3.05, 3.63) is 42.4 Å². The molecule has 1 atom stereocenters. The largest absolute Gasteiger partial charge is 0.493 e. The molecule has 0 saturated carbocycles. The topological polar surface area (TPSA) is 72.7 Å². The van der Waals surface area contributed by atoms with E-state index >= 15 is 0 Å². The van der Waals surface area contributed by atoms with Crippen LogP contribution in [0.1, 0.15) is 18.7 Å². The van der Waals surface area contributed by atoms with Gasteiger partial charge in [-0.3, -0.25) is 10.1 Å². The fraction of sp³-hybridized carbons (Fsp3) is 0.312. The maximum absolute atomic E-state index is 12.0. The Morgan fingerprint density at radius 1 is 1.23 bits per heavy atom. The standard InChI is InChI=1S/C16H20N2O4/c1-11(13-5-4-8-22-13)17-10-16(19)18-12-6-7-14(20-2)15(9-12)21-3/h4-9,11,17H,10H2,1-3H3,(H,18,19)/t11-/m1/s1. The Morgan fingerprint density at radius 3 is 2.64 bits per heavy atom. The number of carbonyl (C=O) groups excluding carboxylic acids is 1. The van der Waals surface area contributed by atoms with Crippen molar-refractivity contribution in [1.29, 1.82) is 0 Å². The molecule has 0 aliphatic carbocycles. The van der Waals surface area contributed by atoms with Gasteiger partial charge in [0.1, 0.15) is 5.76 Å². The maximum atomic E-state index is 12.0. The van der Waals surface area contributed by atoms with E-state index in [0.29, 0.717) is 17.2 Å². The summed E-state index contributed by atoms with van der Waals surface area (Å²) in [6, 6.07) is 8.86. The van der Waals surface area contributed by atoms with Gasteiger partial charge in [0.2, 0.25) is 5.91 Å². The minimum absolute atomic E-state index is 0.0360. The first-order chi connectivity index (χ1) is 10.6. The Labute approximate surface area is 129 Å². The number of hydrogen-bond donors (Lipinski definition) is 2. The van der Waals surface area contributed by atoms with Crippen molar-refractivity contribution in [1.82, 2.24) is 5.32 Å². The Morgan fingerprint density at radius 2 is 2.00 bits per heavy atom. The Hall–Kier alpha value is -2.47. The van der Waals surface area contributed by atoms with E-state index in [1.807, 2.05) is 19.1 Å². The molecule has 0 unspecified atom stereocenters. The summed E-state index contributed by atoms with van der Waals surface area (Å²) >= 11 is 0. The molecule has 1 amide bonds. The average Bonchev–Trinajstić information content (AvgIpc) is 3.07. The minimum Gasteiger partial charge on any atom is -0.493 e. The monoisotopic (exact) mass is 304 g/mol. The van der Waals surface area contributed by atoms with Gasteiger partial charge in [-0.1, -0.05) is 0 Å². The first kappa shape index (κ1) is 15.9. The van der Waals surface area contributed by atoms with Gasteiger partial charge in [0, 0.05) is 11.8 Å². The van der Waals surface area contributed by atoms with Crippen LogP contribution in [-0.2, 0) is 4.79 Å². The normalized spacial score (nSPS) is 11.8. The van der Waals surface area contributed by atoms with E-state index in [1.54, 1.807) is 38.7 Å².